The lowest BCUT2D eigenvalue weighted by atomic mass is 10.0. The molecule has 0 radical (unpaired) electrons. The van der Waals surface area contributed by atoms with Gasteiger partial charge in [-0.25, -0.2) is 0 Å². The van der Waals surface area contributed by atoms with Crippen molar-refractivity contribution in [1.29, 1.82) is 0 Å². The predicted octanol–water partition coefficient (Wildman–Crippen LogP) is 1.72. The third-order valence-corrected chi connectivity index (χ3v) is 5.52. The van der Waals surface area contributed by atoms with Gasteiger partial charge in [0.1, 0.15) is 0 Å². The SMILES string of the molecule is CCNC(=NCC1CCCC1O)NC1CCN(C(=O)C2CC2)CC1.I. The zero-order chi connectivity index (χ0) is 16.9. The summed E-state index contributed by atoms with van der Waals surface area (Å²) in [4.78, 5) is 18.8. The molecule has 1 saturated heterocycles. The number of likely N-dealkylation sites (tertiary alicyclic amines) is 1. The first-order valence-electron chi connectivity index (χ1n) is 9.69. The number of carbonyl (C=O) groups excluding carboxylic acids is 1. The second-order valence-electron chi connectivity index (χ2n) is 7.50. The van der Waals surface area contributed by atoms with Crippen LogP contribution in [0.15, 0.2) is 4.99 Å². The number of carbonyl (C=O) groups is 1. The number of hydrogen-bond acceptors (Lipinski definition) is 3. The molecule has 2 unspecified atom stereocenters. The normalized spacial score (nSPS) is 27.8. The molecule has 7 heteroatoms. The molecule has 6 nitrogen and oxygen atoms in total. The number of amides is 1. The summed E-state index contributed by atoms with van der Waals surface area (Å²) in [5.74, 6) is 1.84. The van der Waals surface area contributed by atoms with Crippen molar-refractivity contribution in [2.24, 2.45) is 16.8 Å². The average molecular weight is 464 g/mol. The number of piperidine rings is 1. The van der Waals surface area contributed by atoms with E-state index >= 15 is 0 Å². The zero-order valence-electron chi connectivity index (χ0n) is 15.2. The Labute approximate surface area is 168 Å². The minimum Gasteiger partial charge on any atom is -0.393 e. The number of aliphatic hydroxyl groups is 1. The number of nitrogens with one attached hydrogen (secondary N) is 2. The van der Waals surface area contributed by atoms with Gasteiger partial charge in [0, 0.05) is 44.1 Å². The monoisotopic (exact) mass is 464 g/mol. The lowest BCUT2D eigenvalue weighted by Crippen LogP contribution is -2.50. The van der Waals surface area contributed by atoms with Gasteiger partial charge in [0.25, 0.3) is 0 Å². The van der Waals surface area contributed by atoms with Crippen LogP contribution in [0, 0.1) is 11.8 Å². The molecule has 144 valence electrons. The Morgan fingerprint density at radius 2 is 1.88 bits per heavy atom. The van der Waals surface area contributed by atoms with Gasteiger partial charge in [0.2, 0.25) is 5.91 Å². The maximum Gasteiger partial charge on any atom is 0.225 e. The fourth-order valence-electron chi connectivity index (χ4n) is 3.78. The van der Waals surface area contributed by atoms with Crippen LogP contribution >= 0.6 is 24.0 Å². The molecule has 25 heavy (non-hydrogen) atoms. The van der Waals surface area contributed by atoms with E-state index in [1.54, 1.807) is 0 Å². The van der Waals surface area contributed by atoms with Crippen LogP contribution in [0.4, 0.5) is 0 Å². The quantitative estimate of drug-likeness (QED) is 0.329. The number of hydrogen-bond donors (Lipinski definition) is 3. The van der Waals surface area contributed by atoms with E-state index in [4.69, 9.17) is 0 Å². The predicted molar refractivity (Wildman–Crippen MR) is 110 cm³/mol. The van der Waals surface area contributed by atoms with Gasteiger partial charge in [-0.05, 0) is 45.4 Å². The Morgan fingerprint density at radius 3 is 2.44 bits per heavy atom. The summed E-state index contributed by atoms with van der Waals surface area (Å²) in [6.07, 6.45) is 7.04. The van der Waals surface area contributed by atoms with E-state index in [2.05, 4.69) is 22.5 Å². The number of rotatable bonds is 5. The van der Waals surface area contributed by atoms with E-state index in [-0.39, 0.29) is 30.1 Å². The maximum absolute atomic E-state index is 12.1. The van der Waals surface area contributed by atoms with Crippen molar-refractivity contribution in [2.45, 2.75) is 64.0 Å². The summed E-state index contributed by atoms with van der Waals surface area (Å²) in [6.45, 7) is 5.30. The Morgan fingerprint density at radius 1 is 1.16 bits per heavy atom. The highest BCUT2D eigenvalue weighted by atomic mass is 127. The molecular formula is C18H33IN4O2. The minimum atomic E-state index is -0.187. The Bertz CT molecular complexity index is 462. The third-order valence-electron chi connectivity index (χ3n) is 5.52. The highest BCUT2D eigenvalue weighted by Crippen LogP contribution is 2.32. The van der Waals surface area contributed by atoms with Crippen LogP contribution in [-0.4, -0.2) is 60.2 Å². The molecular weight excluding hydrogens is 431 g/mol. The first kappa shape index (κ1) is 20.7. The van der Waals surface area contributed by atoms with Crippen LogP contribution in [0.2, 0.25) is 0 Å². The lowest BCUT2D eigenvalue weighted by Gasteiger charge is -2.33. The van der Waals surface area contributed by atoms with Crippen LogP contribution in [0.25, 0.3) is 0 Å². The molecule has 3 fully saturated rings. The number of nitrogens with zero attached hydrogens (tertiary/aromatic N) is 2. The number of halogens is 1. The van der Waals surface area contributed by atoms with Crippen molar-refractivity contribution in [3.63, 3.8) is 0 Å². The standard InChI is InChI=1S/C18H32N4O2.HI/c1-2-19-18(20-12-14-4-3-5-16(14)23)21-15-8-10-22(11-9-15)17(24)13-6-7-13;/h13-16,23H,2-12H2,1H3,(H2,19,20,21);1H. The molecule has 3 N–H and O–H groups in total. The highest BCUT2D eigenvalue weighted by Gasteiger charge is 2.35. The van der Waals surface area contributed by atoms with Crippen molar-refractivity contribution in [1.82, 2.24) is 15.5 Å². The van der Waals surface area contributed by atoms with E-state index in [0.29, 0.717) is 30.3 Å². The number of aliphatic imine (C=N–C) groups is 1. The van der Waals surface area contributed by atoms with Gasteiger partial charge in [-0.1, -0.05) is 6.42 Å². The summed E-state index contributed by atoms with van der Waals surface area (Å²) in [7, 11) is 0. The first-order valence-corrected chi connectivity index (χ1v) is 9.69. The van der Waals surface area contributed by atoms with Crippen molar-refractivity contribution >= 4 is 35.8 Å². The van der Waals surface area contributed by atoms with Crippen LogP contribution in [0.1, 0.15) is 51.9 Å². The maximum atomic E-state index is 12.1. The first-order chi connectivity index (χ1) is 11.7. The molecule has 0 aromatic heterocycles. The van der Waals surface area contributed by atoms with Gasteiger partial charge in [-0.3, -0.25) is 9.79 Å². The molecule has 2 atom stereocenters. The number of aliphatic hydroxyl groups excluding tert-OH is 1. The molecule has 0 aromatic rings. The summed E-state index contributed by atoms with van der Waals surface area (Å²) >= 11 is 0. The van der Waals surface area contributed by atoms with Gasteiger partial charge in [0.15, 0.2) is 5.96 Å². The summed E-state index contributed by atoms with van der Waals surface area (Å²) < 4.78 is 0. The minimum absolute atomic E-state index is 0. The Kier molecular flexibility index (Phi) is 8.25. The van der Waals surface area contributed by atoms with Crippen LogP contribution in [0.3, 0.4) is 0 Å². The Balaban J connectivity index is 0.00000225. The molecule has 3 rings (SSSR count). The molecule has 2 aliphatic carbocycles. The van der Waals surface area contributed by atoms with E-state index in [0.717, 1.165) is 70.5 Å². The van der Waals surface area contributed by atoms with Crippen LogP contribution in [-0.2, 0) is 4.79 Å². The second kappa shape index (κ2) is 9.94. The van der Waals surface area contributed by atoms with Gasteiger partial charge in [-0.15, -0.1) is 24.0 Å². The van der Waals surface area contributed by atoms with Gasteiger partial charge < -0.3 is 20.6 Å². The smallest absolute Gasteiger partial charge is 0.225 e. The highest BCUT2D eigenvalue weighted by molar-refractivity contribution is 14.0. The van der Waals surface area contributed by atoms with Crippen molar-refractivity contribution in [3.8, 4) is 0 Å². The Hall–Kier alpha value is -0.570. The van der Waals surface area contributed by atoms with Gasteiger partial charge in [0.05, 0.1) is 6.10 Å². The van der Waals surface area contributed by atoms with Crippen molar-refractivity contribution < 1.29 is 9.90 Å². The zero-order valence-corrected chi connectivity index (χ0v) is 17.6. The van der Waals surface area contributed by atoms with E-state index in [1.807, 2.05) is 4.90 Å². The third kappa shape index (κ3) is 5.98. The molecule has 1 amide bonds. The summed E-state index contributed by atoms with van der Waals surface area (Å²) in [5, 5.41) is 16.8. The van der Waals surface area contributed by atoms with E-state index in [9.17, 15) is 9.90 Å². The van der Waals surface area contributed by atoms with E-state index in [1.165, 1.54) is 0 Å². The molecule has 1 aliphatic heterocycles. The second-order valence-corrected chi connectivity index (χ2v) is 7.50. The van der Waals surface area contributed by atoms with Crippen molar-refractivity contribution in [3.05, 3.63) is 0 Å². The molecule has 3 aliphatic rings. The summed E-state index contributed by atoms with van der Waals surface area (Å²) in [6, 6.07) is 0.375. The van der Waals surface area contributed by atoms with Gasteiger partial charge >= 0.3 is 0 Å². The van der Waals surface area contributed by atoms with Crippen LogP contribution < -0.4 is 10.6 Å². The largest absolute Gasteiger partial charge is 0.393 e. The molecule has 0 spiro atoms. The van der Waals surface area contributed by atoms with Gasteiger partial charge in [-0.2, -0.15) is 0 Å². The lowest BCUT2D eigenvalue weighted by molar-refractivity contribution is -0.133. The molecule has 0 bridgehead atoms. The van der Waals surface area contributed by atoms with E-state index < -0.39 is 0 Å². The van der Waals surface area contributed by atoms with Crippen LogP contribution in [0.5, 0.6) is 0 Å². The van der Waals surface area contributed by atoms with Crippen molar-refractivity contribution in [2.75, 3.05) is 26.2 Å². The molecule has 0 aromatic carbocycles. The molecule has 1 heterocycles. The fourth-order valence-corrected chi connectivity index (χ4v) is 3.78. The average Bonchev–Trinajstić information content (AvgIpc) is 3.36. The summed E-state index contributed by atoms with van der Waals surface area (Å²) in [5.41, 5.74) is 0. The fraction of sp³-hybridized carbons (Fsp3) is 0.889. The molecule has 2 saturated carbocycles. The topological polar surface area (TPSA) is 77.0 Å². The number of guanidine groups is 1.